The van der Waals surface area contributed by atoms with Crippen LogP contribution in [-0.4, -0.2) is 37.6 Å². The van der Waals surface area contributed by atoms with Crippen molar-refractivity contribution < 1.29 is 5.11 Å². The highest BCUT2D eigenvalue weighted by Gasteiger charge is 2.35. The van der Waals surface area contributed by atoms with Crippen LogP contribution in [0.25, 0.3) is 10.9 Å². The third-order valence-corrected chi connectivity index (χ3v) is 6.20. The maximum absolute atomic E-state index is 13.0. The molecule has 1 atom stereocenters. The lowest BCUT2D eigenvalue weighted by molar-refractivity contribution is 0.214. The molecule has 158 valence electrons. The number of aromatic hydroxyl groups is 1. The van der Waals surface area contributed by atoms with Crippen LogP contribution in [0.5, 0.6) is 5.88 Å². The number of nitrogens with one attached hydrogen (secondary N) is 2. The molecule has 2 aromatic heterocycles. The van der Waals surface area contributed by atoms with E-state index in [9.17, 15) is 14.7 Å². The lowest BCUT2D eigenvalue weighted by Gasteiger charge is -2.35. The van der Waals surface area contributed by atoms with Crippen molar-refractivity contribution in [1.82, 2.24) is 19.4 Å². The van der Waals surface area contributed by atoms with E-state index < -0.39 is 17.3 Å². The third kappa shape index (κ3) is 3.18. The number of benzene rings is 2. The number of para-hydroxylation sites is 1. The van der Waals surface area contributed by atoms with Crippen molar-refractivity contribution in [3.05, 3.63) is 97.8 Å². The molecule has 0 bridgehead atoms. The van der Waals surface area contributed by atoms with Crippen molar-refractivity contribution >= 4 is 10.9 Å². The Hall–Kier alpha value is -3.58. The molecule has 4 aromatic rings. The van der Waals surface area contributed by atoms with E-state index in [2.05, 4.69) is 20.9 Å². The Balaban J connectivity index is 1.71. The predicted octanol–water partition coefficient (Wildman–Crippen LogP) is 2.74. The van der Waals surface area contributed by atoms with Crippen molar-refractivity contribution in [2.45, 2.75) is 25.9 Å². The average molecular weight is 416 g/mol. The Morgan fingerprint density at radius 1 is 1.03 bits per heavy atom. The lowest BCUT2D eigenvalue weighted by atomic mass is 9.93. The Labute approximate surface area is 178 Å². The molecule has 0 amide bonds. The summed E-state index contributed by atoms with van der Waals surface area (Å²) >= 11 is 0. The highest BCUT2D eigenvalue weighted by Crippen LogP contribution is 2.39. The molecule has 2 aromatic carbocycles. The Morgan fingerprint density at radius 2 is 1.77 bits per heavy atom. The number of aromatic nitrogens is 3. The molecule has 0 spiro atoms. The molecule has 1 unspecified atom stereocenters. The van der Waals surface area contributed by atoms with E-state index in [4.69, 9.17) is 0 Å². The number of nitrogens with zero attached hydrogens (tertiary/aromatic N) is 2. The van der Waals surface area contributed by atoms with Gasteiger partial charge in [-0.3, -0.25) is 19.2 Å². The van der Waals surface area contributed by atoms with Gasteiger partial charge in [-0.05, 0) is 30.2 Å². The summed E-state index contributed by atoms with van der Waals surface area (Å²) in [6.45, 7) is 3.67. The third-order valence-electron chi connectivity index (χ3n) is 6.20. The van der Waals surface area contributed by atoms with Gasteiger partial charge >= 0.3 is 5.69 Å². The largest absolute Gasteiger partial charge is 0.494 e. The summed E-state index contributed by atoms with van der Waals surface area (Å²) in [6.07, 6.45) is 0.853. The second-order valence-electron chi connectivity index (χ2n) is 7.91. The smallest absolute Gasteiger partial charge is 0.331 e. The van der Waals surface area contributed by atoms with Crippen LogP contribution >= 0.6 is 0 Å². The number of fused-ring (bicyclic) bond motifs is 3. The lowest BCUT2D eigenvalue weighted by Crippen LogP contribution is -2.41. The summed E-state index contributed by atoms with van der Waals surface area (Å²) < 4.78 is 1.23. The van der Waals surface area contributed by atoms with Crippen LogP contribution in [0.4, 0.5) is 0 Å². The highest BCUT2D eigenvalue weighted by molar-refractivity contribution is 5.85. The van der Waals surface area contributed by atoms with Gasteiger partial charge in [-0.1, -0.05) is 55.5 Å². The minimum Gasteiger partial charge on any atom is -0.494 e. The van der Waals surface area contributed by atoms with Crippen LogP contribution in [0.15, 0.2) is 64.2 Å². The van der Waals surface area contributed by atoms with E-state index in [1.807, 2.05) is 55.5 Å². The quantitative estimate of drug-likeness (QED) is 0.477. The fraction of sp³-hybridized carbons (Fsp3) is 0.250. The van der Waals surface area contributed by atoms with Crippen molar-refractivity contribution in [2.24, 2.45) is 0 Å². The van der Waals surface area contributed by atoms with E-state index >= 15 is 0 Å². The number of rotatable bonds is 4. The summed E-state index contributed by atoms with van der Waals surface area (Å²) in [7, 11) is 0. The van der Waals surface area contributed by atoms with Crippen LogP contribution in [0.2, 0.25) is 0 Å². The van der Waals surface area contributed by atoms with Gasteiger partial charge < -0.3 is 10.1 Å². The van der Waals surface area contributed by atoms with Crippen LogP contribution in [-0.2, 0) is 13.0 Å². The zero-order valence-corrected chi connectivity index (χ0v) is 17.3. The molecule has 0 fully saturated rings. The van der Waals surface area contributed by atoms with Crippen LogP contribution in [0.1, 0.15) is 35.3 Å². The van der Waals surface area contributed by atoms with Crippen LogP contribution in [0, 0.1) is 0 Å². The van der Waals surface area contributed by atoms with Crippen LogP contribution in [0.3, 0.4) is 0 Å². The van der Waals surface area contributed by atoms with E-state index in [1.54, 1.807) is 0 Å². The Morgan fingerprint density at radius 3 is 2.55 bits per heavy atom. The molecule has 0 saturated heterocycles. The van der Waals surface area contributed by atoms with E-state index in [0.717, 1.165) is 40.7 Å². The molecule has 0 aliphatic carbocycles. The fourth-order valence-corrected chi connectivity index (χ4v) is 4.69. The van der Waals surface area contributed by atoms with E-state index in [0.29, 0.717) is 6.54 Å². The number of likely N-dealkylation sites (N-methyl/N-ethyl adjacent to an activating group) is 1. The van der Waals surface area contributed by atoms with Gasteiger partial charge in [-0.25, -0.2) is 4.79 Å². The van der Waals surface area contributed by atoms with E-state index in [-0.39, 0.29) is 18.0 Å². The van der Waals surface area contributed by atoms with Gasteiger partial charge in [0.05, 0.1) is 12.6 Å². The normalized spacial score (nSPS) is 16.5. The molecule has 1 aliphatic rings. The maximum atomic E-state index is 13.0. The molecule has 0 radical (unpaired) electrons. The van der Waals surface area contributed by atoms with Gasteiger partial charge in [0.1, 0.15) is 5.56 Å². The fourth-order valence-electron chi connectivity index (χ4n) is 4.69. The summed E-state index contributed by atoms with van der Waals surface area (Å²) in [4.78, 5) is 33.6. The number of H-pyrrole nitrogens is 2. The molecule has 0 saturated carbocycles. The van der Waals surface area contributed by atoms with Gasteiger partial charge in [0.15, 0.2) is 0 Å². The van der Waals surface area contributed by atoms with Crippen molar-refractivity contribution in [2.75, 3.05) is 13.1 Å². The van der Waals surface area contributed by atoms with E-state index in [1.165, 1.54) is 4.57 Å². The number of hydrogen-bond donors (Lipinski definition) is 3. The second-order valence-corrected chi connectivity index (χ2v) is 7.91. The monoisotopic (exact) mass is 416 g/mol. The molecule has 3 heterocycles. The first-order valence-electron chi connectivity index (χ1n) is 10.5. The summed E-state index contributed by atoms with van der Waals surface area (Å²) in [5.41, 5.74) is 2.95. The molecule has 3 N–H and O–H groups in total. The summed E-state index contributed by atoms with van der Waals surface area (Å²) in [5.74, 6) is -0.285. The Bertz CT molecular complexity index is 1370. The predicted molar refractivity (Wildman–Crippen MR) is 120 cm³/mol. The number of aromatic amines is 2. The molecule has 7 nitrogen and oxygen atoms in total. The minimum absolute atomic E-state index is 0.174. The molecule has 5 rings (SSSR count). The Kier molecular flexibility index (Phi) is 4.75. The first-order chi connectivity index (χ1) is 15.1. The van der Waals surface area contributed by atoms with Crippen LogP contribution < -0.4 is 11.2 Å². The molecular weight excluding hydrogens is 392 g/mol. The van der Waals surface area contributed by atoms with Gasteiger partial charge in [0.25, 0.3) is 5.56 Å². The summed E-state index contributed by atoms with van der Waals surface area (Å²) in [6, 6.07) is 17.0. The SMILES string of the molecule is CCN1CCc2c([nH]c3ccccc23)C1c1c(O)n(Cc2ccccc2)c(=O)[nH]c1=O. The van der Waals surface area contributed by atoms with Gasteiger partial charge in [0, 0.05) is 23.1 Å². The topological polar surface area (TPSA) is 94.1 Å². The zero-order chi connectivity index (χ0) is 21.5. The molecule has 31 heavy (non-hydrogen) atoms. The first kappa shape index (κ1) is 19.4. The van der Waals surface area contributed by atoms with Crippen molar-refractivity contribution in [1.29, 1.82) is 0 Å². The van der Waals surface area contributed by atoms with Crippen molar-refractivity contribution in [3.8, 4) is 5.88 Å². The highest BCUT2D eigenvalue weighted by atomic mass is 16.3. The molecular formula is C24H24N4O3. The molecule has 1 aliphatic heterocycles. The average Bonchev–Trinajstić information content (AvgIpc) is 3.16. The molecule has 7 heteroatoms. The number of hydrogen-bond acceptors (Lipinski definition) is 4. The van der Waals surface area contributed by atoms with Gasteiger partial charge in [-0.2, -0.15) is 0 Å². The second kappa shape index (κ2) is 7.59. The first-order valence-corrected chi connectivity index (χ1v) is 10.5. The zero-order valence-electron chi connectivity index (χ0n) is 17.3. The van der Waals surface area contributed by atoms with Crippen molar-refractivity contribution in [3.63, 3.8) is 0 Å². The van der Waals surface area contributed by atoms with Gasteiger partial charge in [0.2, 0.25) is 5.88 Å². The summed E-state index contributed by atoms with van der Waals surface area (Å²) in [5, 5.41) is 12.3. The maximum Gasteiger partial charge on any atom is 0.331 e. The minimum atomic E-state index is -0.620. The van der Waals surface area contributed by atoms with Gasteiger partial charge in [-0.15, -0.1) is 0 Å². The standard InChI is InChI=1S/C24H24N4O3/c1-2-27-13-12-17-16-10-6-7-11-18(16)25-20(17)21(27)19-22(29)26-24(31)28(23(19)30)14-15-8-4-3-5-9-15/h3-11,21,25,30H,2,12-14H2,1H3,(H,26,29,31).